The van der Waals surface area contributed by atoms with Crippen LogP contribution in [0.5, 0.6) is 0 Å². The van der Waals surface area contributed by atoms with Gasteiger partial charge in [0.05, 0.1) is 16.2 Å². The summed E-state index contributed by atoms with van der Waals surface area (Å²) in [6, 6.07) is 9.77. The van der Waals surface area contributed by atoms with E-state index in [2.05, 4.69) is 22.0 Å². The highest BCUT2D eigenvalue weighted by atomic mass is 32.2. The fourth-order valence-electron chi connectivity index (χ4n) is 3.38. The number of carboxylic acids is 1. The van der Waals surface area contributed by atoms with Crippen molar-refractivity contribution in [2.24, 2.45) is 5.41 Å². The molecule has 3 aromatic heterocycles. The molecule has 8 nitrogen and oxygen atoms in total. The summed E-state index contributed by atoms with van der Waals surface area (Å²) >= 11 is 0. The predicted octanol–water partition coefficient (Wildman–Crippen LogP) is 4.01. The molecule has 0 aliphatic heterocycles. The van der Waals surface area contributed by atoms with E-state index in [0.717, 1.165) is 9.54 Å². The number of benzene rings is 1. The van der Waals surface area contributed by atoms with Crippen molar-refractivity contribution in [1.82, 2.24) is 14.1 Å². The number of aliphatic carboxylic acids is 1. The molecule has 168 valence electrons. The number of carbonyl (C=O) groups is 1. The Balaban J connectivity index is 2.00. The van der Waals surface area contributed by atoms with Gasteiger partial charge in [-0.05, 0) is 45.9 Å². The van der Waals surface area contributed by atoms with Gasteiger partial charge in [-0.1, -0.05) is 35.2 Å². The van der Waals surface area contributed by atoms with E-state index in [4.69, 9.17) is 4.52 Å². The van der Waals surface area contributed by atoms with Gasteiger partial charge in [-0.15, -0.1) is 0 Å². The Morgan fingerprint density at radius 1 is 1.18 bits per heavy atom. The molecule has 0 spiro atoms. The van der Waals surface area contributed by atoms with Crippen LogP contribution in [-0.2, 0) is 14.8 Å². The smallest absolute Gasteiger partial charge is 0.321 e. The topological polar surface area (TPSA) is 115 Å². The fraction of sp³-hybridized carbons (Fsp3) is 0.208. The standard InChI is InChI=1S/C24H21N3O5S/c1-15-21(16(2)32-26-15)18-12-20-17(10-11-24(3,4)23(28)29)14-27(22(20)25-13-18)33(30,31)19-8-6-5-7-9-19/h5-9,12-14H,1-4H3,(H,28,29). The first-order valence-electron chi connectivity index (χ1n) is 10.0. The lowest BCUT2D eigenvalue weighted by atomic mass is 9.94. The summed E-state index contributed by atoms with van der Waals surface area (Å²) in [6.45, 7) is 6.55. The van der Waals surface area contributed by atoms with Gasteiger partial charge in [0.25, 0.3) is 10.0 Å². The van der Waals surface area contributed by atoms with Gasteiger partial charge in [0, 0.05) is 28.9 Å². The quantitative estimate of drug-likeness (QED) is 0.455. The van der Waals surface area contributed by atoms with Crippen molar-refractivity contribution in [1.29, 1.82) is 0 Å². The Morgan fingerprint density at radius 3 is 2.48 bits per heavy atom. The molecule has 0 atom stereocenters. The van der Waals surface area contributed by atoms with Crippen molar-refractivity contribution in [3.63, 3.8) is 0 Å². The van der Waals surface area contributed by atoms with Crippen molar-refractivity contribution >= 4 is 27.0 Å². The summed E-state index contributed by atoms with van der Waals surface area (Å²) in [7, 11) is -3.96. The summed E-state index contributed by atoms with van der Waals surface area (Å²) in [5.74, 6) is 5.11. The Hall–Kier alpha value is -3.90. The van der Waals surface area contributed by atoms with Gasteiger partial charge in [0.1, 0.15) is 11.2 Å². The molecule has 3 heterocycles. The molecule has 1 N–H and O–H groups in total. The first-order chi connectivity index (χ1) is 15.5. The van der Waals surface area contributed by atoms with Crippen LogP contribution in [0.2, 0.25) is 0 Å². The number of pyridine rings is 1. The second-order valence-electron chi connectivity index (χ2n) is 8.13. The van der Waals surface area contributed by atoms with Gasteiger partial charge < -0.3 is 9.63 Å². The zero-order valence-electron chi connectivity index (χ0n) is 18.4. The van der Waals surface area contributed by atoms with Crippen molar-refractivity contribution in [3.05, 3.63) is 65.8 Å². The molecule has 4 aromatic rings. The molecule has 0 amide bonds. The lowest BCUT2D eigenvalue weighted by Gasteiger charge is -2.09. The maximum atomic E-state index is 13.3. The Bertz CT molecular complexity index is 1530. The van der Waals surface area contributed by atoms with Crippen LogP contribution in [0, 0.1) is 31.1 Å². The van der Waals surface area contributed by atoms with E-state index in [1.807, 2.05) is 0 Å². The highest BCUT2D eigenvalue weighted by molar-refractivity contribution is 7.90. The number of aryl methyl sites for hydroxylation is 2. The third-order valence-corrected chi connectivity index (χ3v) is 6.94. The number of hydrogen-bond donors (Lipinski definition) is 1. The van der Waals surface area contributed by atoms with Crippen LogP contribution in [0.15, 0.2) is 58.2 Å². The van der Waals surface area contributed by atoms with E-state index < -0.39 is 21.4 Å². The van der Waals surface area contributed by atoms with Gasteiger partial charge in [-0.3, -0.25) is 4.79 Å². The molecule has 0 aliphatic rings. The Kier molecular flexibility index (Phi) is 5.34. The van der Waals surface area contributed by atoms with Gasteiger partial charge in [0.2, 0.25) is 0 Å². The van der Waals surface area contributed by atoms with E-state index >= 15 is 0 Å². The number of aromatic nitrogens is 3. The number of carboxylic acid groups (broad SMARTS) is 1. The first kappa shape index (κ1) is 22.3. The molecule has 9 heteroatoms. The monoisotopic (exact) mass is 463 g/mol. The van der Waals surface area contributed by atoms with E-state index in [1.54, 1.807) is 44.3 Å². The van der Waals surface area contributed by atoms with E-state index in [1.165, 1.54) is 32.2 Å². The van der Waals surface area contributed by atoms with E-state index in [0.29, 0.717) is 28.0 Å². The molecule has 0 fully saturated rings. The molecule has 0 unspecified atom stereocenters. The van der Waals surface area contributed by atoms with Gasteiger partial charge >= 0.3 is 5.97 Å². The third kappa shape index (κ3) is 3.90. The summed E-state index contributed by atoms with van der Waals surface area (Å²) in [6.07, 6.45) is 2.94. The molecular formula is C24H21N3O5S. The lowest BCUT2D eigenvalue weighted by molar-refractivity contribution is -0.143. The molecule has 0 saturated heterocycles. The second-order valence-corrected chi connectivity index (χ2v) is 9.95. The highest BCUT2D eigenvalue weighted by Gasteiger charge is 2.26. The van der Waals surface area contributed by atoms with E-state index in [-0.39, 0.29) is 10.5 Å². The average molecular weight is 464 g/mol. The molecule has 33 heavy (non-hydrogen) atoms. The molecular weight excluding hydrogens is 442 g/mol. The van der Waals surface area contributed by atoms with Crippen LogP contribution >= 0.6 is 0 Å². The minimum absolute atomic E-state index is 0.101. The van der Waals surface area contributed by atoms with Crippen molar-refractivity contribution < 1.29 is 22.8 Å². The molecule has 0 aliphatic carbocycles. The van der Waals surface area contributed by atoms with Crippen LogP contribution in [0.4, 0.5) is 0 Å². The second kappa shape index (κ2) is 7.90. The maximum Gasteiger partial charge on any atom is 0.321 e. The minimum atomic E-state index is -3.96. The average Bonchev–Trinajstić information content (AvgIpc) is 3.32. The first-order valence-corrected chi connectivity index (χ1v) is 11.5. The summed E-state index contributed by atoms with van der Waals surface area (Å²) in [4.78, 5) is 16.0. The summed E-state index contributed by atoms with van der Waals surface area (Å²) in [5.41, 5.74) is 1.33. The molecule has 0 bridgehead atoms. The number of hydrogen-bond acceptors (Lipinski definition) is 6. The highest BCUT2D eigenvalue weighted by Crippen LogP contribution is 2.32. The fourth-order valence-corrected chi connectivity index (χ4v) is 4.72. The van der Waals surface area contributed by atoms with Crippen LogP contribution in [-0.4, -0.2) is 33.6 Å². The maximum absolute atomic E-state index is 13.3. The Morgan fingerprint density at radius 2 is 1.88 bits per heavy atom. The summed E-state index contributed by atoms with van der Waals surface area (Å²) < 4.78 is 33.0. The minimum Gasteiger partial charge on any atom is -0.480 e. The molecule has 0 saturated carbocycles. The van der Waals surface area contributed by atoms with Crippen LogP contribution in [0.1, 0.15) is 30.9 Å². The van der Waals surface area contributed by atoms with Gasteiger partial charge in [0.15, 0.2) is 5.65 Å². The summed E-state index contributed by atoms with van der Waals surface area (Å²) in [5, 5.41) is 13.9. The van der Waals surface area contributed by atoms with Crippen LogP contribution < -0.4 is 0 Å². The zero-order chi connectivity index (χ0) is 24.0. The van der Waals surface area contributed by atoms with Crippen molar-refractivity contribution in [3.8, 4) is 23.0 Å². The predicted molar refractivity (Wildman–Crippen MR) is 122 cm³/mol. The molecule has 4 rings (SSSR count). The largest absolute Gasteiger partial charge is 0.480 e. The number of nitrogens with zero attached hydrogens (tertiary/aromatic N) is 3. The zero-order valence-corrected chi connectivity index (χ0v) is 19.3. The van der Waals surface area contributed by atoms with E-state index in [9.17, 15) is 18.3 Å². The number of rotatable bonds is 4. The SMILES string of the molecule is Cc1noc(C)c1-c1cnc2c(c1)c(C#CC(C)(C)C(=O)O)cn2S(=O)(=O)c1ccccc1. The third-order valence-electron chi connectivity index (χ3n) is 5.28. The number of fused-ring (bicyclic) bond motifs is 1. The Labute approximate surface area is 190 Å². The lowest BCUT2D eigenvalue weighted by Crippen LogP contribution is -2.21. The molecule has 1 aromatic carbocycles. The van der Waals surface area contributed by atoms with Crippen LogP contribution in [0.3, 0.4) is 0 Å². The van der Waals surface area contributed by atoms with Crippen molar-refractivity contribution in [2.45, 2.75) is 32.6 Å². The van der Waals surface area contributed by atoms with Crippen molar-refractivity contribution in [2.75, 3.05) is 0 Å². The van der Waals surface area contributed by atoms with Crippen LogP contribution in [0.25, 0.3) is 22.2 Å². The van der Waals surface area contributed by atoms with Gasteiger partial charge in [-0.2, -0.15) is 0 Å². The molecule has 0 radical (unpaired) electrons. The normalized spacial score (nSPS) is 11.9. The van der Waals surface area contributed by atoms with Gasteiger partial charge in [-0.25, -0.2) is 17.4 Å².